The number of ether oxygens (including phenoxy) is 1. The number of Topliss-reactive ketones (excluding diaryl/α,β-unsaturated/α-hetero) is 1. The van der Waals surface area contributed by atoms with Gasteiger partial charge in [0.05, 0.1) is 0 Å². The molecule has 0 aliphatic heterocycles. The fourth-order valence-corrected chi connectivity index (χ4v) is 3.67. The summed E-state index contributed by atoms with van der Waals surface area (Å²) in [5.41, 5.74) is 6.11. The van der Waals surface area contributed by atoms with Crippen molar-refractivity contribution in [3.63, 3.8) is 0 Å². The summed E-state index contributed by atoms with van der Waals surface area (Å²) >= 11 is 0. The molecule has 30 heavy (non-hydrogen) atoms. The van der Waals surface area contributed by atoms with E-state index in [0.29, 0.717) is 0 Å². The van der Waals surface area contributed by atoms with E-state index in [1.807, 2.05) is 54.0 Å². The van der Waals surface area contributed by atoms with E-state index in [9.17, 15) is 14.4 Å². The third-order valence-electron chi connectivity index (χ3n) is 5.38. The molecule has 0 fully saturated rings. The summed E-state index contributed by atoms with van der Waals surface area (Å²) in [6.07, 6.45) is 0. The smallest absolute Gasteiger partial charge is 0.376 e. The lowest BCUT2D eigenvalue weighted by Crippen LogP contribution is -2.52. The Balaban J connectivity index is 1.72. The number of hydrogen-bond acceptors (Lipinski definition) is 6. The lowest BCUT2D eigenvalue weighted by molar-refractivity contribution is -0.155. The molecule has 3 rings (SSSR count). The van der Waals surface area contributed by atoms with Gasteiger partial charge in [0.15, 0.2) is 0 Å². The Labute approximate surface area is 175 Å². The third kappa shape index (κ3) is 4.27. The van der Waals surface area contributed by atoms with E-state index >= 15 is 0 Å². The van der Waals surface area contributed by atoms with Crippen molar-refractivity contribution < 1.29 is 24.3 Å². The SMILES string of the molecule is CC(C)[C@H](NC(=O)[C@H](C)NO)C(=O)C(=O)OCC1c2ccccc2-c2ccccc21. The molecule has 2 aromatic rings. The normalized spacial score (nSPS) is 14.6. The number of nitrogens with one attached hydrogen (secondary N) is 2. The summed E-state index contributed by atoms with van der Waals surface area (Å²) < 4.78 is 5.40. The van der Waals surface area contributed by atoms with Crippen LogP contribution in [0.2, 0.25) is 0 Å². The predicted molar refractivity (Wildman–Crippen MR) is 111 cm³/mol. The minimum atomic E-state index is -1.04. The number of carbonyl (C=O) groups is 3. The number of fused-ring (bicyclic) bond motifs is 3. The largest absolute Gasteiger partial charge is 0.459 e. The van der Waals surface area contributed by atoms with Gasteiger partial charge < -0.3 is 15.3 Å². The van der Waals surface area contributed by atoms with Crippen LogP contribution < -0.4 is 10.8 Å². The molecule has 0 radical (unpaired) electrons. The van der Waals surface area contributed by atoms with Gasteiger partial charge >= 0.3 is 5.97 Å². The zero-order valence-electron chi connectivity index (χ0n) is 17.2. The van der Waals surface area contributed by atoms with Crippen molar-refractivity contribution in [2.75, 3.05) is 6.61 Å². The lowest BCUT2D eigenvalue weighted by Gasteiger charge is -2.22. The summed E-state index contributed by atoms with van der Waals surface area (Å²) in [7, 11) is 0. The molecule has 158 valence electrons. The van der Waals surface area contributed by atoms with Crippen LogP contribution in [0.4, 0.5) is 0 Å². The fourth-order valence-electron chi connectivity index (χ4n) is 3.67. The van der Waals surface area contributed by atoms with Crippen LogP contribution in [0.15, 0.2) is 48.5 Å². The van der Waals surface area contributed by atoms with Crippen molar-refractivity contribution >= 4 is 17.7 Å². The zero-order chi connectivity index (χ0) is 21.8. The highest BCUT2D eigenvalue weighted by atomic mass is 16.5. The molecule has 3 N–H and O–H groups in total. The standard InChI is InChI=1S/C23H26N2O5/c1-13(2)20(24-22(27)14(3)25-29)21(26)23(28)30-12-19-17-10-6-4-8-15(17)16-9-5-7-11-18(16)19/h4-11,13-14,19-20,25,29H,12H2,1-3H3,(H,24,27)/t14-,20-/m0/s1. The summed E-state index contributed by atoms with van der Waals surface area (Å²) in [5, 5.41) is 11.4. The van der Waals surface area contributed by atoms with Gasteiger partial charge in [-0.25, -0.2) is 4.79 Å². The Bertz CT molecular complexity index is 911. The average Bonchev–Trinajstić information content (AvgIpc) is 3.08. The first kappa shape index (κ1) is 21.7. The zero-order valence-corrected chi connectivity index (χ0v) is 17.2. The molecule has 0 saturated carbocycles. The van der Waals surface area contributed by atoms with Gasteiger partial charge in [0.1, 0.15) is 18.7 Å². The molecular formula is C23H26N2O5. The van der Waals surface area contributed by atoms with Crippen LogP contribution in [0.3, 0.4) is 0 Å². The van der Waals surface area contributed by atoms with Gasteiger partial charge in [0.25, 0.3) is 5.78 Å². The Morgan fingerprint density at radius 2 is 1.50 bits per heavy atom. The molecule has 0 bridgehead atoms. The van der Waals surface area contributed by atoms with Gasteiger partial charge in [-0.2, -0.15) is 5.48 Å². The number of ketones is 1. The first-order valence-electron chi connectivity index (χ1n) is 9.94. The molecule has 0 spiro atoms. The monoisotopic (exact) mass is 410 g/mol. The van der Waals surface area contributed by atoms with E-state index < -0.39 is 29.7 Å². The van der Waals surface area contributed by atoms with Gasteiger partial charge in [-0.3, -0.25) is 9.59 Å². The van der Waals surface area contributed by atoms with Gasteiger partial charge in [-0.1, -0.05) is 62.4 Å². The van der Waals surface area contributed by atoms with Gasteiger partial charge in [0.2, 0.25) is 5.91 Å². The van der Waals surface area contributed by atoms with Crippen molar-refractivity contribution in [3.8, 4) is 11.1 Å². The molecule has 1 aliphatic rings. The van der Waals surface area contributed by atoms with Crippen LogP contribution >= 0.6 is 0 Å². The minimum Gasteiger partial charge on any atom is -0.459 e. The van der Waals surface area contributed by atoms with E-state index in [1.54, 1.807) is 13.8 Å². The van der Waals surface area contributed by atoms with Crippen LogP contribution in [-0.2, 0) is 19.1 Å². The maximum atomic E-state index is 12.7. The Hall–Kier alpha value is -3.03. The second kappa shape index (κ2) is 9.19. The summed E-state index contributed by atoms with van der Waals surface area (Å²) in [4.78, 5) is 37.2. The summed E-state index contributed by atoms with van der Waals surface area (Å²) in [6.45, 7) is 4.91. The van der Waals surface area contributed by atoms with Crippen LogP contribution in [-0.4, -0.2) is 41.6 Å². The number of hydroxylamine groups is 1. The number of amides is 1. The first-order valence-corrected chi connectivity index (χ1v) is 9.94. The van der Waals surface area contributed by atoms with Gasteiger partial charge in [-0.15, -0.1) is 0 Å². The van der Waals surface area contributed by atoms with Crippen molar-refractivity contribution in [2.24, 2.45) is 5.92 Å². The second-order valence-corrected chi connectivity index (χ2v) is 7.77. The molecule has 7 nitrogen and oxygen atoms in total. The Morgan fingerprint density at radius 1 is 0.967 bits per heavy atom. The van der Waals surface area contributed by atoms with Crippen LogP contribution in [0, 0.1) is 5.92 Å². The van der Waals surface area contributed by atoms with Crippen molar-refractivity contribution in [3.05, 3.63) is 59.7 Å². The van der Waals surface area contributed by atoms with Gasteiger partial charge in [-0.05, 0) is 35.1 Å². The minimum absolute atomic E-state index is 0.0337. The predicted octanol–water partition coefficient (Wildman–Crippen LogP) is 2.42. The maximum Gasteiger partial charge on any atom is 0.376 e. The first-order chi connectivity index (χ1) is 14.3. The van der Waals surface area contributed by atoms with E-state index in [-0.39, 0.29) is 18.4 Å². The maximum absolute atomic E-state index is 12.7. The van der Waals surface area contributed by atoms with E-state index in [0.717, 1.165) is 22.3 Å². The number of carbonyl (C=O) groups excluding carboxylic acids is 3. The molecule has 7 heteroatoms. The number of hydrogen-bond donors (Lipinski definition) is 3. The molecule has 1 aliphatic carbocycles. The molecular weight excluding hydrogens is 384 g/mol. The van der Waals surface area contributed by atoms with Crippen LogP contribution in [0.25, 0.3) is 11.1 Å². The number of rotatable bonds is 8. The molecule has 0 saturated heterocycles. The van der Waals surface area contributed by atoms with Gasteiger partial charge in [0, 0.05) is 5.92 Å². The quantitative estimate of drug-likeness (QED) is 0.351. The van der Waals surface area contributed by atoms with Crippen LogP contribution in [0.5, 0.6) is 0 Å². The number of esters is 1. The lowest BCUT2D eigenvalue weighted by atomic mass is 9.97. The fraction of sp³-hybridized carbons (Fsp3) is 0.348. The van der Waals surface area contributed by atoms with E-state index in [1.165, 1.54) is 6.92 Å². The molecule has 0 aromatic heterocycles. The highest BCUT2D eigenvalue weighted by molar-refractivity contribution is 6.36. The Morgan fingerprint density at radius 3 is 2.00 bits per heavy atom. The van der Waals surface area contributed by atoms with Crippen molar-refractivity contribution in [1.82, 2.24) is 10.8 Å². The Kier molecular flexibility index (Phi) is 6.64. The van der Waals surface area contributed by atoms with E-state index in [2.05, 4.69) is 5.32 Å². The summed E-state index contributed by atoms with van der Waals surface area (Å²) in [6, 6.07) is 13.9. The highest BCUT2D eigenvalue weighted by Gasteiger charge is 2.34. The highest BCUT2D eigenvalue weighted by Crippen LogP contribution is 2.44. The van der Waals surface area contributed by atoms with Crippen molar-refractivity contribution in [2.45, 2.75) is 38.8 Å². The molecule has 2 aromatic carbocycles. The average molecular weight is 410 g/mol. The second-order valence-electron chi connectivity index (χ2n) is 7.77. The van der Waals surface area contributed by atoms with E-state index in [4.69, 9.17) is 9.94 Å². The van der Waals surface area contributed by atoms with Crippen molar-refractivity contribution in [1.29, 1.82) is 0 Å². The van der Waals surface area contributed by atoms with Crippen LogP contribution in [0.1, 0.15) is 37.8 Å². The number of benzene rings is 2. The molecule has 1 amide bonds. The molecule has 0 heterocycles. The topological polar surface area (TPSA) is 105 Å². The molecule has 2 atom stereocenters. The summed E-state index contributed by atoms with van der Waals surface area (Å²) in [5.74, 6) is -2.87. The third-order valence-corrected chi connectivity index (χ3v) is 5.38. The molecule has 0 unspecified atom stereocenters.